The van der Waals surface area contributed by atoms with E-state index in [1.165, 1.54) is 11.1 Å². The summed E-state index contributed by atoms with van der Waals surface area (Å²) in [5.74, 6) is 1.36. The largest absolute Gasteiger partial charge is 0.453 e. The minimum atomic E-state index is -1.99. The van der Waals surface area contributed by atoms with E-state index in [4.69, 9.17) is 25.8 Å². The fourth-order valence-corrected chi connectivity index (χ4v) is 9.69. The SMILES string of the molecule is CC(C)(C)c1cc(-c2cc(C(C)(C)C)cc(C(C)(C)C)c2Op2oc3ccccc3c3ccccc3o2)c(Op2oc3ccccc3c3ccccc3o2)c(C(C)(C)C)c1. The standard InChI is InChI=1S/C52H56O6P2/c1-49(2,3)33-29-39(47(41(31-33)51(7,8)9)57-59-53-43-25-17-13-21-35(43)36-22-14-18-26-44(36)54-59)40-30-34(50(4,5)6)32-42(52(10,11)12)48(40)58-60-55-45-27-19-15-23-37(45)38-24-16-20-28-46(38)56-60/h13-32H,1-12H3. The molecule has 0 spiro atoms. The van der Waals surface area contributed by atoms with Gasteiger partial charge in [0.1, 0.15) is 33.8 Å². The summed E-state index contributed by atoms with van der Waals surface area (Å²) < 4.78 is 41.5. The Bertz CT molecular complexity index is 2660. The highest BCUT2D eigenvalue weighted by Crippen LogP contribution is 2.53. The lowest BCUT2D eigenvalue weighted by molar-refractivity contribution is 0.471. The van der Waals surface area contributed by atoms with Crippen LogP contribution in [0.25, 0.3) is 55.0 Å². The van der Waals surface area contributed by atoms with Crippen molar-refractivity contribution < 1.29 is 25.8 Å². The van der Waals surface area contributed by atoms with Crippen molar-refractivity contribution in [2.24, 2.45) is 0 Å². The van der Waals surface area contributed by atoms with Crippen molar-refractivity contribution in [3.05, 3.63) is 144 Å². The maximum atomic E-state index is 7.28. The Labute approximate surface area is 355 Å². The van der Waals surface area contributed by atoms with E-state index in [-0.39, 0.29) is 21.7 Å². The monoisotopic (exact) mass is 838 g/mol. The van der Waals surface area contributed by atoms with Gasteiger partial charge in [0.25, 0.3) is 0 Å². The molecule has 2 aromatic heterocycles. The normalized spacial score (nSPS) is 12.7. The van der Waals surface area contributed by atoms with Crippen molar-refractivity contribution in [3.63, 3.8) is 0 Å². The number of rotatable bonds is 5. The molecule has 0 aliphatic carbocycles. The fourth-order valence-electron chi connectivity index (χ4n) is 7.49. The topological polar surface area (TPSA) is 71.0 Å². The molecule has 0 atom stereocenters. The van der Waals surface area contributed by atoms with Crippen molar-refractivity contribution in [2.75, 3.05) is 0 Å². The molecule has 0 saturated heterocycles. The minimum Gasteiger partial charge on any atom is -0.390 e. The van der Waals surface area contributed by atoms with Gasteiger partial charge in [0.2, 0.25) is 0 Å². The predicted molar refractivity (Wildman–Crippen MR) is 251 cm³/mol. The van der Waals surface area contributed by atoms with Crippen molar-refractivity contribution in [1.29, 1.82) is 0 Å². The molecule has 6 nitrogen and oxygen atoms in total. The Balaban J connectivity index is 1.49. The van der Waals surface area contributed by atoms with Crippen LogP contribution in [0, 0.1) is 0 Å². The van der Waals surface area contributed by atoms with Crippen LogP contribution in [0.3, 0.4) is 0 Å². The molecule has 0 amide bonds. The highest BCUT2D eigenvalue weighted by molar-refractivity contribution is 7.32. The van der Waals surface area contributed by atoms with Crippen molar-refractivity contribution in [3.8, 4) is 22.6 Å². The van der Waals surface area contributed by atoms with Crippen LogP contribution in [0.5, 0.6) is 11.5 Å². The van der Waals surface area contributed by atoms with Gasteiger partial charge in [0, 0.05) is 43.8 Å². The van der Waals surface area contributed by atoms with Crippen molar-refractivity contribution >= 4 is 60.4 Å². The molecule has 8 heteroatoms. The first kappa shape index (κ1) is 41.5. The van der Waals surface area contributed by atoms with Crippen LogP contribution in [0.2, 0.25) is 0 Å². The van der Waals surface area contributed by atoms with Crippen LogP contribution < -0.4 is 9.05 Å². The zero-order chi connectivity index (χ0) is 42.8. The number of hydrogen-bond acceptors (Lipinski definition) is 6. The summed E-state index contributed by atoms with van der Waals surface area (Å²) >= 11 is 0. The molecule has 0 unspecified atom stereocenters. The van der Waals surface area contributed by atoms with Gasteiger partial charge < -0.3 is 25.8 Å². The summed E-state index contributed by atoms with van der Waals surface area (Å²) in [7, 11) is -3.98. The van der Waals surface area contributed by atoms with E-state index in [0.29, 0.717) is 33.8 Å². The smallest absolute Gasteiger partial charge is 0.390 e. The zero-order valence-corrected chi connectivity index (χ0v) is 38.7. The molecule has 8 rings (SSSR count). The Morgan fingerprint density at radius 3 is 0.867 bits per heavy atom. The lowest BCUT2D eigenvalue weighted by Gasteiger charge is -2.31. The van der Waals surface area contributed by atoms with Crippen LogP contribution in [-0.2, 0) is 21.7 Å². The van der Waals surface area contributed by atoms with Crippen molar-refractivity contribution in [2.45, 2.75) is 105 Å². The molecule has 0 bridgehead atoms. The molecular weight excluding hydrogens is 783 g/mol. The highest BCUT2D eigenvalue weighted by Gasteiger charge is 2.33. The van der Waals surface area contributed by atoms with Gasteiger partial charge in [-0.3, -0.25) is 0 Å². The summed E-state index contributed by atoms with van der Waals surface area (Å²) in [5, 5.41) is 3.83. The molecular formula is C52H56O6P2. The van der Waals surface area contributed by atoms with E-state index in [1.54, 1.807) is 0 Å². The predicted octanol–water partition coefficient (Wildman–Crippen LogP) is 17.4. The Kier molecular flexibility index (Phi) is 10.6. The molecule has 60 heavy (non-hydrogen) atoms. The second kappa shape index (κ2) is 15.3. The second-order valence-electron chi connectivity index (χ2n) is 19.8. The Hall–Kier alpha value is -5.28. The fraction of sp³-hybridized carbons (Fsp3) is 0.308. The van der Waals surface area contributed by atoms with Crippen LogP contribution in [0.4, 0.5) is 0 Å². The molecule has 0 aliphatic rings. The number of fused-ring (bicyclic) bond motifs is 6. The Morgan fingerprint density at radius 1 is 0.350 bits per heavy atom. The summed E-state index contributed by atoms with van der Waals surface area (Å²) in [6, 6.07) is 41.3. The third-order valence-corrected chi connectivity index (χ3v) is 13.0. The third-order valence-electron chi connectivity index (χ3n) is 11.0. The van der Waals surface area contributed by atoms with E-state index in [9.17, 15) is 0 Å². The summed E-state index contributed by atoms with van der Waals surface area (Å²) in [6.45, 7) is 26.9. The number of hydrogen-bond donors (Lipinski definition) is 0. The summed E-state index contributed by atoms with van der Waals surface area (Å²) in [5.41, 5.74) is 7.90. The van der Waals surface area contributed by atoms with E-state index < -0.39 is 16.5 Å². The molecule has 0 aliphatic heterocycles. The molecule has 6 aromatic carbocycles. The molecule has 0 N–H and O–H groups in total. The van der Waals surface area contributed by atoms with Gasteiger partial charge in [-0.1, -0.05) is 168 Å². The van der Waals surface area contributed by atoms with Gasteiger partial charge in [-0.2, -0.15) is 0 Å². The summed E-state index contributed by atoms with van der Waals surface area (Å²) in [6.07, 6.45) is 0. The van der Waals surface area contributed by atoms with Gasteiger partial charge in [0.15, 0.2) is 0 Å². The van der Waals surface area contributed by atoms with Crippen LogP contribution in [-0.4, -0.2) is 0 Å². The van der Waals surface area contributed by atoms with Gasteiger partial charge in [-0.25, -0.2) is 0 Å². The minimum absolute atomic E-state index is 0.202. The van der Waals surface area contributed by atoms with E-state index in [2.05, 4.69) is 132 Å². The third kappa shape index (κ3) is 8.25. The highest BCUT2D eigenvalue weighted by atomic mass is 31.1. The van der Waals surface area contributed by atoms with Crippen LogP contribution in [0.1, 0.15) is 105 Å². The zero-order valence-electron chi connectivity index (χ0n) is 36.9. The van der Waals surface area contributed by atoms with E-state index >= 15 is 0 Å². The van der Waals surface area contributed by atoms with Crippen molar-refractivity contribution in [1.82, 2.24) is 0 Å². The first-order valence-electron chi connectivity index (χ1n) is 20.7. The number of benzene rings is 6. The molecule has 2 heterocycles. The average Bonchev–Trinajstić information content (AvgIpc) is 3.43. The van der Waals surface area contributed by atoms with Gasteiger partial charge in [-0.05, 0) is 69.2 Å². The number of para-hydroxylation sites is 4. The van der Waals surface area contributed by atoms with Gasteiger partial charge in [-0.15, -0.1) is 0 Å². The van der Waals surface area contributed by atoms with E-state index in [0.717, 1.165) is 43.8 Å². The molecule has 310 valence electrons. The summed E-state index contributed by atoms with van der Waals surface area (Å²) in [4.78, 5) is 0. The maximum absolute atomic E-state index is 7.28. The second-order valence-corrected chi connectivity index (χ2v) is 21.8. The van der Waals surface area contributed by atoms with Gasteiger partial charge >= 0.3 is 16.5 Å². The Morgan fingerprint density at radius 2 is 0.617 bits per heavy atom. The lowest BCUT2D eigenvalue weighted by atomic mass is 9.75. The van der Waals surface area contributed by atoms with Gasteiger partial charge in [0.05, 0.1) is 0 Å². The average molecular weight is 839 g/mol. The lowest BCUT2D eigenvalue weighted by Crippen LogP contribution is -2.19. The first-order chi connectivity index (χ1) is 28.3. The molecule has 0 radical (unpaired) electrons. The molecule has 8 aromatic rings. The maximum Gasteiger partial charge on any atom is 0.453 e. The van der Waals surface area contributed by atoms with Crippen LogP contribution in [0.15, 0.2) is 138 Å². The van der Waals surface area contributed by atoms with Crippen LogP contribution >= 0.6 is 16.5 Å². The quantitative estimate of drug-likeness (QED) is 0.172. The first-order valence-corrected chi connectivity index (χ1v) is 22.9. The van der Waals surface area contributed by atoms with E-state index in [1.807, 2.05) is 72.8 Å². The molecule has 0 saturated carbocycles. The molecule has 0 fully saturated rings.